The second kappa shape index (κ2) is 9.66. The minimum atomic E-state index is -1.06. The van der Waals surface area contributed by atoms with E-state index in [1.807, 2.05) is 23.1 Å². The van der Waals surface area contributed by atoms with Crippen LogP contribution in [0.5, 0.6) is 5.75 Å². The lowest BCUT2D eigenvalue weighted by Gasteiger charge is -2.35. The molecule has 7 heteroatoms. The Labute approximate surface area is 218 Å². The van der Waals surface area contributed by atoms with E-state index in [4.69, 9.17) is 4.74 Å². The molecule has 0 aromatic heterocycles. The molecular weight excluding hydrogens is 470 g/mol. The molecule has 5 rings (SSSR count). The average Bonchev–Trinajstić information content (AvgIpc) is 3.41. The first kappa shape index (κ1) is 25.0. The summed E-state index contributed by atoms with van der Waals surface area (Å²) < 4.78 is 5.54. The van der Waals surface area contributed by atoms with E-state index in [2.05, 4.69) is 50.4 Å². The number of nitrogens with one attached hydrogen (secondary N) is 1. The number of ether oxygens (including phenoxy) is 1. The molecule has 2 fully saturated rings. The summed E-state index contributed by atoms with van der Waals surface area (Å²) in [5, 5.41) is 3.25. The average molecular weight is 508 g/mol. The third-order valence-corrected chi connectivity index (χ3v) is 9.16. The zero-order valence-electron chi connectivity index (χ0n) is 21.8. The van der Waals surface area contributed by atoms with Crippen molar-refractivity contribution in [3.05, 3.63) is 59.2 Å². The van der Waals surface area contributed by atoms with E-state index in [-0.39, 0.29) is 23.4 Å². The Hall–Kier alpha value is -2.67. The van der Waals surface area contributed by atoms with Crippen LogP contribution in [-0.4, -0.2) is 42.3 Å². The second-order valence-electron chi connectivity index (χ2n) is 11.1. The summed E-state index contributed by atoms with van der Waals surface area (Å²) in [5.74, 6) is 1.36. The van der Waals surface area contributed by atoms with Crippen molar-refractivity contribution < 1.29 is 14.3 Å². The second-order valence-corrected chi connectivity index (χ2v) is 12.4. The summed E-state index contributed by atoms with van der Waals surface area (Å²) in [7, 11) is 1.63. The van der Waals surface area contributed by atoms with Crippen molar-refractivity contribution in [2.45, 2.75) is 75.7 Å². The molecule has 1 N–H and O–H groups in total. The van der Waals surface area contributed by atoms with Crippen LogP contribution in [-0.2, 0) is 21.6 Å². The number of amides is 3. The molecule has 192 valence electrons. The van der Waals surface area contributed by atoms with Crippen LogP contribution in [0, 0.1) is 0 Å². The van der Waals surface area contributed by atoms with Crippen LogP contribution in [0.1, 0.15) is 69.6 Å². The molecule has 1 aliphatic carbocycles. The maximum absolute atomic E-state index is 14.3. The topological polar surface area (TPSA) is 61.9 Å². The summed E-state index contributed by atoms with van der Waals surface area (Å²) in [6.07, 6.45) is 5.54. The number of carbonyl (C=O) groups is 2. The quantitative estimate of drug-likeness (QED) is 0.570. The molecule has 3 amide bonds. The number of nitrogens with zero attached hydrogens (tertiary/aromatic N) is 2. The third-order valence-electron chi connectivity index (χ3n) is 7.74. The van der Waals surface area contributed by atoms with E-state index in [1.54, 1.807) is 23.8 Å². The van der Waals surface area contributed by atoms with Gasteiger partial charge in [-0.2, -0.15) is 0 Å². The maximum atomic E-state index is 14.3. The highest BCUT2D eigenvalue weighted by Gasteiger charge is 2.59. The Balaban J connectivity index is 1.48. The van der Waals surface area contributed by atoms with Crippen LogP contribution in [0.3, 0.4) is 0 Å². The highest BCUT2D eigenvalue weighted by Crippen LogP contribution is 2.55. The molecule has 2 aliphatic heterocycles. The number of thioether (sulfide) groups is 1. The summed E-state index contributed by atoms with van der Waals surface area (Å²) in [6.45, 7) is 7.60. The van der Waals surface area contributed by atoms with Crippen LogP contribution in [0.4, 0.5) is 10.5 Å². The fourth-order valence-corrected chi connectivity index (χ4v) is 7.12. The Morgan fingerprint density at radius 3 is 2.50 bits per heavy atom. The van der Waals surface area contributed by atoms with Crippen LogP contribution in [0.15, 0.2) is 42.5 Å². The molecule has 1 atom stereocenters. The van der Waals surface area contributed by atoms with E-state index < -0.39 is 4.87 Å². The number of benzene rings is 2. The lowest BCUT2D eigenvalue weighted by molar-refractivity contribution is -0.123. The Bertz CT molecular complexity index is 1140. The predicted molar refractivity (Wildman–Crippen MR) is 146 cm³/mol. The highest BCUT2D eigenvalue weighted by molar-refractivity contribution is 8.01. The van der Waals surface area contributed by atoms with Crippen molar-refractivity contribution in [2.24, 2.45) is 0 Å². The number of anilines is 1. The van der Waals surface area contributed by atoms with Gasteiger partial charge in [-0.05, 0) is 47.6 Å². The fraction of sp³-hybridized carbons (Fsp3) is 0.517. The van der Waals surface area contributed by atoms with Crippen molar-refractivity contribution >= 4 is 29.4 Å². The summed E-state index contributed by atoms with van der Waals surface area (Å²) in [4.78, 5) is 30.4. The number of fused-ring (bicyclic) bond motifs is 2. The summed E-state index contributed by atoms with van der Waals surface area (Å²) in [6, 6.07) is 14.4. The maximum Gasteiger partial charge on any atom is 0.319 e. The van der Waals surface area contributed by atoms with Gasteiger partial charge in [0.05, 0.1) is 19.3 Å². The van der Waals surface area contributed by atoms with Crippen LogP contribution < -0.4 is 15.0 Å². The molecule has 6 nitrogen and oxygen atoms in total. The molecule has 0 bridgehead atoms. The van der Waals surface area contributed by atoms with Gasteiger partial charge in [-0.3, -0.25) is 9.69 Å². The van der Waals surface area contributed by atoms with Gasteiger partial charge >= 0.3 is 6.03 Å². The van der Waals surface area contributed by atoms with E-state index in [1.165, 1.54) is 12.0 Å². The minimum Gasteiger partial charge on any atom is -0.497 e. The number of hydrogen-bond donors (Lipinski definition) is 1. The molecule has 3 aliphatic rings. The SMILES string of the molecule is COc1ccc2c(c1)C1(SCCN1C(=O)NC1CCCCC1)C(=O)N2Cc1ccc(C(C)(C)C)cc1. The molecule has 2 aromatic rings. The number of methoxy groups -OCH3 is 1. The molecule has 0 radical (unpaired) electrons. The van der Waals surface area contributed by atoms with Crippen molar-refractivity contribution in [3.8, 4) is 5.75 Å². The Morgan fingerprint density at radius 1 is 1.11 bits per heavy atom. The van der Waals surface area contributed by atoms with E-state index in [9.17, 15) is 9.59 Å². The van der Waals surface area contributed by atoms with Crippen molar-refractivity contribution in [3.63, 3.8) is 0 Å². The standard InChI is InChI=1S/C29H37N3O3S/c1-28(2,3)21-12-10-20(11-13-21)19-31-25-15-14-23(35-4)18-24(25)29(26(31)33)32(16-17-36-29)27(34)30-22-8-6-5-7-9-22/h10-15,18,22H,5-9,16-17,19H2,1-4H3,(H,30,34). The van der Waals surface area contributed by atoms with Gasteiger partial charge in [0.15, 0.2) is 4.87 Å². The smallest absolute Gasteiger partial charge is 0.319 e. The van der Waals surface area contributed by atoms with Gasteiger partial charge < -0.3 is 15.0 Å². The molecule has 1 saturated heterocycles. The minimum absolute atomic E-state index is 0.0491. The Morgan fingerprint density at radius 2 is 1.83 bits per heavy atom. The molecule has 1 spiro atoms. The number of hydrogen-bond acceptors (Lipinski definition) is 4. The number of carbonyl (C=O) groups excluding carboxylic acids is 2. The molecule has 36 heavy (non-hydrogen) atoms. The predicted octanol–water partition coefficient (Wildman–Crippen LogP) is 5.78. The zero-order valence-corrected chi connectivity index (χ0v) is 22.6. The largest absolute Gasteiger partial charge is 0.497 e. The lowest BCUT2D eigenvalue weighted by atomic mass is 9.87. The molecule has 2 aromatic carbocycles. The van der Waals surface area contributed by atoms with Crippen LogP contribution in [0.2, 0.25) is 0 Å². The van der Waals surface area contributed by atoms with Gasteiger partial charge in [0, 0.05) is 23.9 Å². The third kappa shape index (κ3) is 4.36. The van der Waals surface area contributed by atoms with Gasteiger partial charge in [-0.25, -0.2) is 4.79 Å². The first-order chi connectivity index (χ1) is 17.2. The van der Waals surface area contributed by atoms with Crippen LogP contribution >= 0.6 is 11.8 Å². The molecule has 1 unspecified atom stereocenters. The number of urea groups is 1. The fourth-order valence-electron chi connectivity index (χ4n) is 5.67. The van der Waals surface area contributed by atoms with Crippen molar-refractivity contribution in [1.29, 1.82) is 0 Å². The summed E-state index contributed by atoms with van der Waals surface area (Å²) >= 11 is 1.56. The van der Waals surface area contributed by atoms with Gasteiger partial charge in [-0.15, -0.1) is 11.8 Å². The molecule has 1 saturated carbocycles. The molecular formula is C29H37N3O3S. The first-order valence-electron chi connectivity index (χ1n) is 13.1. The van der Waals surface area contributed by atoms with Gasteiger partial charge in [0.2, 0.25) is 0 Å². The van der Waals surface area contributed by atoms with E-state index in [0.717, 1.165) is 42.5 Å². The monoisotopic (exact) mass is 507 g/mol. The highest BCUT2D eigenvalue weighted by atomic mass is 32.2. The number of rotatable bonds is 4. The lowest BCUT2D eigenvalue weighted by Crippen LogP contribution is -2.55. The Kier molecular flexibility index (Phi) is 6.70. The van der Waals surface area contributed by atoms with E-state index >= 15 is 0 Å². The summed E-state index contributed by atoms with van der Waals surface area (Å²) in [5.41, 5.74) is 4.10. The molecule has 2 heterocycles. The van der Waals surface area contributed by atoms with Gasteiger partial charge in [0.25, 0.3) is 5.91 Å². The van der Waals surface area contributed by atoms with Gasteiger partial charge in [0.1, 0.15) is 5.75 Å². The zero-order chi connectivity index (χ0) is 25.5. The normalized spacial score (nSPS) is 22.3. The van der Waals surface area contributed by atoms with Crippen molar-refractivity contribution in [2.75, 3.05) is 24.3 Å². The van der Waals surface area contributed by atoms with Gasteiger partial charge in [-0.1, -0.05) is 64.3 Å². The van der Waals surface area contributed by atoms with Crippen LogP contribution in [0.25, 0.3) is 0 Å². The first-order valence-corrected chi connectivity index (χ1v) is 14.0. The van der Waals surface area contributed by atoms with Crippen molar-refractivity contribution in [1.82, 2.24) is 10.2 Å². The van der Waals surface area contributed by atoms with E-state index in [0.29, 0.717) is 24.6 Å².